The average molecular weight is 247 g/mol. The molecule has 3 nitrogen and oxygen atoms in total. The molecular formula is C15H21NO2. The van der Waals surface area contributed by atoms with E-state index in [0.29, 0.717) is 6.42 Å². The van der Waals surface area contributed by atoms with Gasteiger partial charge in [-0.05, 0) is 36.6 Å². The summed E-state index contributed by atoms with van der Waals surface area (Å²) in [7, 11) is 1.63. The Labute approximate surface area is 109 Å². The molecule has 1 fully saturated rings. The number of hydrogen-bond acceptors (Lipinski definition) is 2. The zero-order valence-corrected chi connectivity index (χ0v) is 10.9. The van der Waals surface area contributed by atoms with Gasteiger partial charge in [0, 0.05) is 12.1 Å². The van der Waals surface area contributed by atoms with E-state index in [2.05, 4.69) is 5.32 Å². The van der Waals surface area contributed by atoms with Crippen LogP contribution in [0.4, 0.5) is 5.69 Å². The fourth-order valence-corrected chi connectivity index (χ4v) is 2.53. The highest BCUT2D eigenvalue weighted by atomic mass is 16.5. The Morgan fingerprint density at radius 1 is 1.28 bits per heavy atom. The summed E-state index contributed by atoms with van der Waals surface area (Å²) in [5.41, 5.74) is 0.840. The highest BCUT2D eigenvalue weighted by Crippen LogP contribution is 2.28. The molecule has 1 aromatic carbocycles. The second kappa shape index (κ2) is 6.43. The van der Waals surface area contributed by atoms with Gasteiger partial charge in [0.05, 0.1) is 7.11 Å². The highest BCUT2D eigenvalue weighted by Gasteiger charge is 2.16. The third-order valence-electron chi connectivity index (χ3n) is 3.63. The van der Waals surface area contributed by atoms with Crippen molar-refractivity contribution in [2.45, 2.75) is 38.5 Å². The normalized spacial score (nSPS) is 15.6. The van der Waals surface area contributed by atoms with Gasteiger partial charge in [-0.1, -0.05) is 25.7 Å². The Bertz CT molecular complexity index is 380. The lowest BCUT2D eigenvalue weighted by Gasteiger charge is -2.09. The summed E-state index contributed by atoms with van der Waals surface area (Å²) in [5.74, 6) is 1.69. The van der Waals surface area contributed by atoms with Crippen molar-refractivity contribution in [1.29, 1.82) is 0 Å². The van der Waals surface area contributed by atoms with Crippen LogP contribution in [0, 0.1) is 5.92 Å². The lowest BCUT2D eigenvalue weighted by atomic mass is 10.0. The first-order valence-electron chi connectivity index (χ1n) is 6.72. The lowest BCUT2D eigenvalue weighted by Crippen LogP contribution is -2.12. The maximum absolute atomic E-state index is 11.8. The molecule has 1 aliphatic rings. The molecule has 18 heavy (non-hydrogen) atoms. The van der Waals surface area contributed by atoms with Gasteiger partial charge in [-0.25, -0.2) is 0 Å². The Morgan fingerprint density at radius 2 is 1.94 bits per heavy atom. The van der Waals surface area contributed by atoms with Crippen molar-refractivity contribution in [3.8, 4) is 5.75 Å². The second-order valence-electron chi connectivity index (χ2n) is 4.97. The van der Waals surface area contributed by atoms with Gasteiger partial charge in [-0.3, -0.25) is 4.79 Å². The molecule has 1 aromatic rings. The quantitative estimate of drug-likeness (QED) is 0.863. The van der Waals surface area contributed by atoms with Crippen LogP contribution in [0.1, 0.15) is 38.5 Å². The zero-order valence-electron chi connectivity index (χ0n) is 10.9. The van der Waals surface area contributed by atoms with Crippen molar-refractivity contribution in [2.75, 3.05) is 12.4 Å². The summed E-state index contributed by atoms with van der Waals surface area (Å²) >= 11 is 0. The van der Waals surface area contributed by atoms with Gasteiger partial charge in [0.15, 0.2) is 0 Å². The average Bonchev–Trinajstić information content (AvgIpc) is 2.90. The van der Waals surface area contributed by atoms with Gasteiger partial charge < -0.3 is 10.1 Å². The van der Waals surface area contributed by atoms with Crippen molar-refractivity contribution in [3.05, 3.63) is 24.3 Å². The van der Waals surface area contributed by atoms with Crippen LogP contribution in [0.3, 0.4) is 0 Å². The van der Waals surface area contributed by atoms with Crippen LogP contribution in [-0.2, 0) is 4.79 Å². The molecule has 1 aliphatic carbocycles. The van der Waals surface area contributed by atoms with Crippen LogP contribution in [0.15, 0.2) is 24.3 Å². The zero-order chi connectivity index (χ0) is 12.8. The Balaban J connectivity index is 1.75. The fourth-order valence-electron chi connectivity index (χ4n) is 2.53. The van der Waals surface area contributed by atoms with Crippen LogP contribution in [0.5, 0.6) is 5.75 Å². The molecule has 0 radical (unpaired) electrons. The van der Waals surface area contributed by atoms with Crippen LogP contribution < -0.4 is 10.1 Å². The number of rotatable bonds is 5. The number of amides is 1. The van der Waals surface area contributed by atoms with E-state index in [-0.39, 0.29) is 5.91 Å². The molecule has 1 saturated carbocycles. The van der Waals surface area contributed by atoms with E-state index in [1.807, 2.05) is 24.3 Å². The van der Waals surface area contributed by atoms with Gasteiger partial charge in [-0.2, -0.15) is 0 Å². The second-order valence-corrected chi connectivity index (χ2v) is 4.97. The van der Waals surface area contributed by atoms with Gasteiger partial charge >= 0.3 is 0 Å². The molecule has 0 heterocycles. The minimum Gasteiger partial charge on any atom is -0.497 e. The van der Waals surface area contributed by atoms with E-state index in [9.17, 15) is 4.79 Å². The molecule has 1 amide bonds. The lowest BCUT2D eigenvalue weighted by molar-refractivity contribution is -0.116. The molecule has 0 unspecified atom stereocenters. The van der Waals surface area contributed by atoms with Crippen molar-refractivity contribution in [3.63, 3.8) is 0 Å². The van der Waals surface area contributed by atoms with Gasteiger partial charge in [0.2, 0.25) is 5.91 Å². The van der Waals surface area contributed by atoms with Crippen LogP contribution >= 0.6 is 0 Å². The topological polar surface area (TPSA) is 38.3 Å². The SMILES string of the molecule is COc1ccc(NC(=O)CCC2CCCC2)cc1. The van der Waals surface area contributed by atoms with Gasteiger partial charge in [0.1, 0.15) is 5.75 Å². The summed E-state index contributed by atoms with van der Waals surface area (Å²) < 4.78 is 5.08. The van der Waals surface area contributed by atoms with E-state index in [1.54, 1.807) is 7.11 Å². The smallest absolute Gasteiger partial charge is 0.224 e. The van der Waals surface area contributed by atoms with E-state index in [0.717, 1.165) is 23.8 Å². The minimum atomic E-state index is 0.118. The molecule has 3 heteroatoms. The highest BCUT2D eigenvalue weighted by molar-refractivity contribution is 5.90. The Morgan fingerprint density at radius 3 is 2.56 bits per heavy atom. The van der Waals surface area contributed by atoms with Crippen molar-refractivity contribution in [1.82, 2.24) is 0 Å². The monoisotopic (exact) mass is 247 g/mol. The summed E-state index contributed by atoms with van der Waals surface area (Å²) in [6.07, 6.45) is 6.94. The van der Waals surface area contributed by atoms with Crippen LogP contribution in [-0.4, -0.2) is 13.0 Å². The maximum atomic E-state index is 11.8. The maximum Gasteiger partial charge on any atom is 0.224 e. The number of methoxy groups -OCH3 is 1. The number of ether oxygens (including phenoxy) is 1. The number of hydrogen-bond donors (Lipinski definition) is 1. The summed E-state index contributed by atoms with van der Waals surface area (Å²) in [6, 6.07) is 7.44. The third kappa shape index (κ3) is 3.76. The number of benzene rings is 1. The number of anilines is 1. The first-order chi connectivity index (χ1) is 8.78. The van der Waals surface area contributed by atoms with Crippen LogP contribution in [0.25, 0.3) is 0 Å². The van der Waals surface area contributed by atoms with Gasteiger partial charge in [0.25, 0.3) is 0 Å². The standard InChI is InChI=1S/C15H21NO2/c1-18-14-9-7-13(8-10-14)16-15(17)11-6-12-4-2-3-5-12/h7-10,12H,2-6,11H2,1H3,(H,16,17). The van der Waals surface area contributed by atoms with Crippen molar-refractivity contribution in [2.24, 2.45) is 5.92 Å². The van der Waals surface area contributed by atoms with Gasteiger partial charge in [-0.15, -0.1) is 0 Å². The molecule has 0 spiro atoms. The molecule has 0 saturated heterocycles. The van der Waals surface area contributed by atoms with Crippen molar-refractivity contribution < 1.29 is 9.53 Å². The number of carbonyl (C=O) groups excluding carboxylic acids is 1. The molecule has 0 bridgehead atoms. The fraction of sp³-hybridized carbons (Fsp3) is 0.533. The number of nitrogens with one attached hydrogen (secondary N) is 1. The summed E-state index contributed by atoms with van der Waals surface area (Å²) in [6.45, 7) is 0. The van der Waals surface area contributed by atoms with E-state index in [4.69, 9.17) is 4.74 Å². The number of carbonyl (C=O) groups is 1. The summed E-state index contributed by atoms with van der Waals surface area (Å²) in [4.78, 5) is 11.8. The molecule has 2 rings (SSSR count). The van der Waals surface area contributed by atoms with E-state index in [1.165, 1.54) is 25.7 Å². The minimum absolute atomic E-state index is 0.118. The Kier molecular flexibility index (Phi) is 4.62. The van der Waals surface area contributed by atoms with E-state index >= 15 is 0 Å². The summed E-state index contributed by atoms with van der Waals surface area (Å²) in [5, 5.41) is 2.92. The molecule has 98 valence electrons. The van der Waals surface area contributed by atoms with E-state index < -0.39 is 0 Å². The predicted molar refractivity (Wildman–Crippen MR) is 72.8 cm³/mol. The first kappa shape index (κ1) is 12.9. The molecular weight excluding hydrogens is 226 g/mol. The molecule has 0 aliphatic heterocycles. The molecule has 0 atom stereocenters. The first-order valence-corrected chi connectivity index (χ1v) is 6.72. The van der Waals surface area contributed by atoms with Crippen LogP contribution in [0.2, 0.25) is 0 Å². The predicted octanol–water partition coefficient (Wildman–Crippen LogP) is 3.60. The molecule has 0 aromatic heterocycles. The van der Waals surface area contributed by atoms with Crippen molar-refractivity contribution >= 4 is 11.6 Å². The Hall–Kier alpha value is -1.51. The molecule has 1 N–H and O–H groups in total. The third-order valence-corrected chi connectivity index (χ3v) is 3.63. The largest absolute Gasteiger partial charge is 0.497 e.